The maximum atomic E-state index is 13.0. The molecule has 0 saturated heterocycles. The third kappa shape index (κ3) is 2.65. The highest BCUT2D eigenvalue weighted by molar-refractivity contribution is 7.99. The van der Waals surface area contributed by atoms with Gasteiger partial charge in [0.05, 0.1) is 0 Å². The summed E-state index contributed by atoms with van der Waals surface area (Å²) in [4.78, 5) is 8.09. The molecule has 0 spiro atoms. The van der Waals surface area contributed by atoms with Crippen LogP contribution in [0.2, 0.25) is 5.02 Å². The number of hydrogen-bond donors (Lipinski definition) is 1. The highest BCUT2D eigenvalue weighted by Gasteiger charge is 2.10. The van der Waals surface area contributed by atoms with E-state index in [1.165, 1.54) is 12.4 Å². The molecule has 88 valence electrons. The van der Waals surface area contributed by atoms with Crippen molar-refractivity contribution >= 4 is 29.2 Å². The molecule has 0 amide bonds. The van der Waals surface area contributed by atoms with Crippen molar-refractivity contribution in [2.75, 3.05) is 5.73 Å². The van der Waals surface area contributed by atoms with Crippen LogP contribution in [0.3, 0.4) is 0 Å². The summed E-state index contributed by atoms with van der Waals surface area (Å²) < 4.78 is 25.7. The molecule has 1 aromatic carbocycles. The molecule has 2 N–H and O–H groups in total. The van der Waals surface area contributed by atoms with Gasteiger partial charge in [-0.1, -0.05) is 23.4 Å². The van der Waals surface area contributed by atoms with Crippen LogP contribution in [0.4, 0.5) is 14.6 Å². The van der Waals surface area contributed by atoms with E-state index in [2.05, 4.69) is 9.97 Å². The minimum absolute atomic E-state index is 0.145. The summed E-state index contributed by atoms with van der Waals surface area (Å²) in [6, 6.07) is 3.53. The number of rotatable bonds is 2. The Morgan fingerprint density at radius 2 is 1.94 bits per heavy atom. The molecule has 17 heavy (non-hydrogen) atoms. The van der Waals surface area contributed by atoms with Crippen molar-refractivity contribution in [1.29, 1.82) is 0 Å². The highest BCUT2D eigenvalue weighted by atomic mass is 35.5. The van der Waals surface area contributed by atoms with Gasteiger partial charge in [-0.15, -0.1) is 0 Å². The van der Waals surface area contributed by atoms with Crippen LogP contribution in [0.5, 0.6) is 0 Å². The van der Waals surface area contributed by atoms with Crippen LogP contribution in [0.25, 0.3) is 0 Å². The summed E-state index contributed by atoms with van der Waals surface area (Å²) >= 11 is 6.96. The van der Waals surface area contributed by atoms with Gasteiger partial charge in [0.2, 0.25) is 0 Å². The lowest BCUT2D eigenvalue weighted by Crippen LogP contribution is -1.94. The van der Waals surface area contributed by atoms with Crippen molar-refractivity contribution in [3.63, 3.8) is 0 Å². The standard InChI is InChI=1S/C10H6ClF2N3S/c11-8-9(14)15-4-16-10(8)17-5-1-2-6(12)7(13)3-5/h1-4H,(H2,14,15,16). The Labute approximate surface area is 105 Å². The first-order valence-electron chi connectivity index (χ1n) is 4.47. The predicted octanol–water partition coefficient (Wildman–Crippen LogP) is 3.14. The van der Waals surface area contributed by atoms with Gasteiger partial charge in [0.15, 0.2) is 11.6 Å². The Bertz CT molecular complexity index is 565. The maximum Gasteiger partial charge on any atom is 0.159 e. The van der Waals surface area contributed by atoms with E-state index < -0.39 is 11.6 Å². The smallest absolute Gasteiger partial charge is 0.159 e. The summed E-state index contributed by atoms with van der Waals surface area (Å²) in [6.07, 6.45) is 1.25. The lowest BCUT2D eigenvalue weighted by molar-refractivity contribution is 0.506. The minimum atomic E-state index is -0.923. The van der Waals surface area contributed by atoms with Gasteiger partial charge in [0.25, 0.3) is 0 Å². The van der Waals surface area contributed by atoms with Gasteiger partial charge in [-0.2, -0.15) is 0 Å². The largest absolute Gasteiger partial charge is 0.382 e. The molecule has 0 aliphatic carbocycles. The van der Waals surface area contributed by atoms with Crippen LogP contribution in [-0.2, 0) is 0 Å². The van der Waals surface area contributed by atoms with Crippen molar-refractivity contribution in [2.24, 2.45) is 0 Å². The third-order valence-electron chi connectivity index (χ3n) is 1.89. The van der Waals surface area contributed by atoms with Gasteiger partial charge >= 0.3 is 0 Å². The number of nitrogen functional groups attached to an aromatic ring is 1. The van der Waals surface area contributed by atoms with Crippen LogP contribution >= 0.6 is 23.4 Å². The van der Waals surface area contributed by atoms with E-state index in [1.54, 1.807) is 0 Å². The zero-order valence-corrected chi connectivity index (χ0v) is 9.90. The molecule has 2 aromatic rings. The number of hydrogen-bond acceptors (Lipinski definition) is 4. The van der Waals surface area contributed by atoms with Gasteiger partial charge in [0, 0.05) is 4.90 Å². The molecule has 0 aliphatic heterocycles. The number of benzene rings is 1. The van der Waals surface area contributed by atoms with Crippen LogP contribution in [-0.4, -0.2) is 9.97 Å². The quantitative estimate of drug-likeness (QED) is 0.854. The molecule has 0 radical (unpaired) electrons. The molecule has 2 rings (SSSR count). The van der Waals surface area contributed by atoms with Gasteiger partial charge in [-0.05, 0) is 18.2 Å². The molecule has 0 atom stereocenters. The van der Waals surface area contributed by atoms with Gasteiger partial charge < -0.3 is 5.73 Å². The summed E-state index contributed by atoms with van der Waals surface area (Å²) in [7, 11) is 0. The molecule has 1 heterocycles. The second kappa shape index (κ2) is 4.85. The number of nitrogens with zero attached hydrogens (tertiary/aromatic N) is 2. The van der Waals surface area contributed by atoms with E-state index in [4.69, 9.17) is 17.3 Å². The fourth-order valence-electron chi connectivity index (χ4n) is 1.09. The average Bonchev–Trinajstić information content (AvgIpc) is 2.30. The molecule has 0 bridgehead atoms. The number of aromatic nitrogens is 2. The Morgan fingerprint density at radius 1 is 1.18 bits per heavy atom. The van der Waals surface area contributed by atoms with E-state index in [1.807, 2.05) is 0 Å². The van der Waals surface area contributed by atoms with E-state index in [0.29, 0.717) is 9.92 Å². The maximum absolute atomic E-state index is 13.0. The second-order valence-electron chi connectivity index (χ2n) is 3.06. The zero-order chi connectivity index (χ0) is 12.4. The fourth-order valence-corrected chi connectivity index (χ4v) is 2.12. The first kappa shape index (κ1) is 12.1. The molecular weight excluding hydrogens is 268 g/mol. The van der Waals surface area contributed by atoms with Gasteiger partial charge in [-0.3, -0.25) is 0 Å². The topological polar surface area (TPSA) is 51.8 Å². The first-order valence-corrected chi connectivity index (χ1v) is 5.66. The Balaban J connectivity index is 2.31. The molecule has 3 nitrogen and oxygen atoms in total. The van der Waals surface area contributed by atoms with Crippen molar-refractivity contribution in [2.45, 2.75) is 9.92 Å². The van der Waals surface area contributed by atoms with Gasteiger partial charge in [0.1, 0.15) is 22.2 Å². The molecule has 1 aromatic heterocycles. The van der Waals surface area contributed by atoms with Gasteiger partial charge in [-0.25, -0.2) is 18.7 Å². The Hall–Kier alpha value is -1.40. The average molecular weight is 274 g/mol. The first-order chi connectivity index (χ1) is 8.08. The fraction of sp³-hybridized carbons (Fsp3) is 0. The molecule has 7 heteroatoms. The molecular formula is C10H6ClF2N3S. The SMILES string of the molecule is Nc1ncnc(Sc2ccc(F)c(F)c2)c1Cl. The van der Waals surface area contributed by atoms with Crippen molar-refractivity contribution < 1.29 is 8.78 Å². The predicted molar refractivity (Wildman–Crippen MR) is 61.9 cm³/mol. The van der Waals surface area contributed by atoms with Crippen LogP contribution in [0.1, 0.15) is 0 Å². The minimum Gasteiger partial charge on any atom is -0.382 e. The molecule has 0 aliphatic rings. The molecule has 0 saturated carbocycles. The summed E-state index contributed by atoms with van der Waals surface area (Å²) in [6.45, 7) is 0. The van der Waals surface area contributed by atoms with E-state index >= 15 is 0 Å². The van der Waals surface area contributed by atoms with Crippen molar-refractivity contribution in [1.82, 2.24) is 9.97 Å². The van der Waals surface area contributed by atoms with E-state index in [0.717, 1.165) is 23.9 Å². The Morgan fingerprint density at radius 3 is 2.65 bits per heavy atom. The lowest BCUT2D eigenvalue weighted by atomic mass is 10.3. The third-order valence-corrected chi connectivity index (χ3v) is 3.37. The second-order valence-corrected chi connectivity index (χ2v) is 4.50. The van der Waals surface area contributed by atoms with Crippen LogP contribution in [0.15, 0.2) is 34.4 Å². The van der Waals surface area contributed by atoms with Crippen LogP contribution in [0, 0.1) is 11.6 Å². The van der Waals surface area contributed by atoms with E-state index in [-0.39, 0.29) is 10.8 Å². The lowest BCUT2D eigenvalue weighted by Gasteiger charge is -2.04. The van der Waals surface area contributed by atoms with E-state index in [9.17, 15) is 8.78 Å². The van der Waals surface area contributed by atoms with Crippen molar-refractivity contribution in [3.8, 4) is 0 Å². The number of anilines is 1. The monoisotopic (exact) mass is 273 g/mol. The summed E-state index contributed by atoms with van der Waals surface area (Å²) in [5.74, 6) is -1.68. The Kier molecular flexibility index (Phi) is 3.44. The summed E-state index contributed by atoms with van der Waals surface area (Å²) in [5, 5.41) is 0.590. The van der Waals surface area contributed by atoms with Crippen molar-refractivity contribution in [3.05, 3.63) is 41.2 Å². The zero-order valence-electron chi connectivity index (χ0n) is 8.32. The normalized spacial score (nSPS) is 10.5. The highest BCUT2D eigenvalue weighted by Crippen LogP contribution is 2.33. The molecule has 0 fully saturated rings. The summed E-state index contributed by atoms with van der Waals surface area (Å²) in [5.41, 5.74) is 5.50. The number of nitrogens with two attached hydrogens (primary N) is 1. The molecule has 0 unspecified atom stereocenters. The van der Waals surface area contributed by atoms with Crippen LogP contribution < -0.4 is 5.73 Å². The number of halogens is 3.